The van der Waals surface area contributed by atoms with E-state index in [0.717, 1.165) is 43.1 Å². The van der Waals surface area contributed by atoms with Crippen LogP contribution < -0.4 is 10.9 Å². The maximum Gasteiger partial charge on any atom is 0.336 e. The van der Waals surface area contributed by atoms with Gasteiger partial charge in [-0.05, 0) is 90.9 Å². The number of carbonyl (C=O) groups is 1. The van der Waals surface area contributed by atoms with Gasteiger partial charge in [-0.1, -0.05) is 0 Å². The molecule has 4 aliphatic rings. The summed E-state index contributed by atoms with van der Waals surface area (Å²) in [4.78, 5) is 29.7. The van der Waals surface area contributed by atoms with Gasteiger partial charge in [0.15, 0.2) is 0 Å². The van der Waals surface area contributed by atoms with Gasteiger partial charge in [0.2, 0.25) is 10.6 Å². The number of aromatic nitrogens is 3. The van der Waals surface area contributed by atoms with E-state index >= 15 is 0 Å². The van der Waals surface area contributed by atoms with Crippen LogP contribution in [0.25, 0.3) is 11.0 Å². The molecule has 1 amide bonds. The maximum absolute atomic E-state index is 13.7. The van der Waals surface area contributed by atoms with E-state index in [2.05, 4.69) is 31.3 Å². The smallest absolute Gasteiger partial charge is 0.336 e. The van der Waals surface area contributed by atoms with Gasteiger partial charge in [-0.3, -0.25) is 4.79 Å². The molecule has 1 N–H and O–H groups in total. The van der Waals surface area contributed by atoms with Crippen molar-refractivity contribution in [2.45, 2.75) is 51.0 Å². The fourth-order valence-corrected chi connectivity index (χ4v) is 7.15. The van der Waals surface area contributed by atoms with Crippen molar-refractivity contribution in [3.63, 3.8) is 0 Å². The minimum absolute atomic E-state index is 0.0690. The van der Waals surface area contributed by atoms with Crippen LogP contribution >= 0.6 is 15.9 Å². The molecule has 160 valence electrons. The molecule has 2 atom stereocenters. The molecule has 0 radical (unpaired) electrons. The predicted octanol–water partition coefficient (Wildman–Crippen LogP) is 4.39. The Morgan fingerprint density at radius 3 is 2.71 bits per heavy atom. The molecular formula is C23H23BrN4O3. The van der Waals surface area contributed by atoms with Crippen molar-refractivity contribution in [1.29, 1.82) is 0 Å². The standard InChI is InChI=1S/C23H23BrN4O3/c1-13-4-19(29)31-18-6-16(2-3-17(13)18)26-20(30)22-7-14-5-15(8-22)10-23(9-14,11-22)28-12-25-21(24)27-28/h2-4,6,12,14-15H,5,7-11H2,1H3,(H,26,30)/t14-,15-,22?,23?/m0/s1. The van der Waals surface area contributed by atoms with Gasteiger partial charge in [0.25, 0.3) is 0 Å². The molecule has 0 unspecified atom stereocenters. The van der Waals surface area contributed by atoms with Crippen LogP contribution in [0.5, 0.6) is 0 Å². The number of nitrogens with zero attached hydrogens (tertiary/aromatic N) is 3. The molecule has 2 aromatic heterocycles. The molecule has 0 spiro atoms. The van der Waals surface area contributed by atoms with Gasteiger partial charge in [-0.15, -0.1) is 5.10 Å². The Morgan fingerprint density at radius 1 is 1.23 bits per heavy atom. The van der Waals surface area contributed by atoms with Crippen molar-refractivity contribution in [3.8, 4) is 0 Å². The Hall–Kier alpha value is -2.48. The third-order valence-electron chi connectivity index (χ3n) is 7.67. The lowest BCUT2D eigenvalue weighted by atomic mass is 9.46. The van der Waals surface area contributed by atoms with E-state index < -0.39 is 5.41 Å². The summed E-state index contributed by atoms with van der Waals surface area (Å²) < 4.78 is 7.96. The summed E-state index contributed by atoms with van der Waals surface area (Å²) in [5.41, 5.74) is 1.12. The first-order valence-electron chi connectivity index (χ1n) is 10.8. The number of anilines is 1. The number of halogens is 1. The van der Waals surface area contributed by atoms with E-state index in [1.807, 2.05) is 23.7 Å². The van der Waals surface area contributed by atoms with Crippen LogP contribution in [0.1, 0.15) is 44.1 Å². The van der Waals surface area contributed by atoms with Crippen molar-refractivity contribution in [3.05, 3.63) is 51.3 Å². The van der Waals surface area contributed by atoms with Crippen LogP contribution in [0.4, 0.5) is 5.69 Å². The SMILES string of the molecule is Cc1cc(=O)oc2cc(NC(=O)C34C[C@@H]5C[C@@H](C3)CC(n3cnc(Br)n3)(C5)C4)ccc12. The van der Waals surface area contributed by atoms with Crippen LogP contribution in [-0.4, -0.2) is 20.7 Å². The lowest BCUT2D eigenvalue weighted by Crippen LogP contribution is -2.60. The van der Waals surface area contributed by atoms with Gasteiger partial charge in [-0.25, -0.2) is 14.5 Å². The quantitative estimate of drug-likeness (QED) is 0.559. The van der Waals surface area contributed by atoms with Crippen LogP contribution in [0.3, 0.4) is 0 Å². The number of rotatable bonds is 3. The number of aryl methyl sites for hydroxylation is 1. The molecule has 7 nitrogen and oxygen atoms in total. The van der Waals surface area contributed by atoms with Crippen LogP contribution in [0, 0.1) is 24.2 Å². The lowest BCUT2D eigenvalue weighted by molar-refractivity contribution is -0.150. The summed E-state index contributed by atoms with van der Waals surface area (Å²) in [5.74, 6) is 1.14. The van der Waals surface area contributed by atoms with Gasteiger partial charge >= 0.3 is 5.63 Å². The van der Waals surface area contributed by atoms with Crippen molar-refractivity contribution in [2.24, 2.45) is 17.3 Å². The molecule has 0 saturated heterocycles. The van der Waals surface area contributed by atoms with E-state index in [1.54, 1.807) is 12.4 Å². The summed E-state index contributed by atoms with van der Waals surface area (Å²) in [6.45, 7) is 1.88. The molecule has 0 aliphatic heterocycles. The van der Waals surface area contributed by atoms with Gasteiger partial charge in [-0.2, -0.15) is 0 Å². The van der Waals surface area contributed by atoms with Crippen molar-refractivity contribution in [2.75, 3.05) is 5.32 Å². The highest BCUT2D eigenvalue weighted by Gasteiger charge is 2.61. The molecule has 1 aromatic carbocycles. The van der Waals surface area contributed by atoms with Crippen molar-refractivity contribution >= 4 is 38.5 Å². The summed E-state index contributed by atoms with van der Waals surface area (Å²) in [5, 5.41) is 8.60. The van der Waals surface area contributed by atoms with Gasteiger partial charge in [0, 0.05) is 23.2 Å². The van der Waals surface area contributed by atoms with Crippen molar-refractivity contribution < 1.29 is 9.21 Å². The highest BCUT2D eigenvalue weighted by Crippen LogP contribution is 2.64. The fraction of sp³-hybridized carbons (Fsp3) is 0.478. The van der Waals surface area contributed by atoms with Gasteiger partial charge < -0.3 is 9.73 Å². The zero-order valence-corrected chi connectivity index (χ0v) is 18.8. The van der Waals surface area contributed by atoms with E-state index in [4.69, 9.17) is 4.42 Å². The number of fused-ring (bicyclic) bond motifs is 1. The second-order valence-electron chi connectivity index (χ2n) is 9.84. The summed E-state index contributed by atoms with van der Waals surface area (Å²) in [6.07, 6.45) is 7.77. The van der Waals surface area contributed by atoms with Crippen LogP contribution in [0.15, 0.2) is 44.5 Å². The van der Waals surface area contributed by atoms with Crippen molar-refractivity contribution in [1.82, 2.24) is 14.8 Å². The topological polar surface area (TPSA) is 90.0 Å². The number of benzene rings is 1. The number of nitrogens with one attached hydrogen (secondary N) is 1. The fourth-order valence-electron chi connectivity index (χ4n) is 6.89. The highest BCUT2D eigenvalue weighted by molar-refractivity contribution is 9.10. The third-order valence-corrected chi connectivity index (χ3v) is 8.03. The molecule has 31 heavy (non-hydrogen) atoms. The summed E-state index contributed by atoms with van der Waals surface area (Å²) in [6, 6.07) is 7.03. The zero-order valence-electron chi connectivity index (χ0n) is 17.2. The molecule has 4 bridgehead atoms. The number of hydrogen-bond acceptors (Lipinski definition) is 5. The van der Waals surface area contributed by atoms with Gasteiger partial charge in [0.1, 0.15) is 11.9 Å². The Labute approximate surface area is 187 Å². The van der Waals surface area contributed by atoms with E-state index in [1.165, 1.54) is 12.5 Å². The Balaban J connectivity index is 1.33. The average Bonchev–Trinajstić information content (AvgIpc) is 3.14. The molecular weight excluding hydrogens is 460 g/mol. The Kier molecular flexibility index (Phi) is 4.04. The molecule has 3 aromatic rings. The highest BCUT2D eigenvalue weighted by atomic mass is 79.9. The largest absolute Gasteiger partial charge is 0.423 e. The monoisotopic (exact) mass is 482 g/mol. The average molecular weight is 483 g/mol. The van der Waals surface area contributed by atoms with Gasteiger partial charge in [0.05, 0.1) is 11.0 Å². The first-order chi connectivity index (χ1) is 14.8. The zero-order chi connectivity index (χ0) is 21.4. The second kappa shape index (κ2) is 6.51. The molecule has 4 fully saturated rings. The van der Waals surface area contributed by atoms with Crippen LogP contribution in [-0.2, 0) is 10.3 Å². The maximum atomic E-state index is 13.7. The first-order valence-corrected chi connectivity index (χ1v) is 11.6. The number of hydrogen-bond donors (Lipinski definition) is 1. The lowest BCUT2D eigenvalue weighted by Gasteiger charge is -2.60. The molecule has 2 heterocycles. The summed E-state index contributed by atoms with van der Waals surface area (Å²) in [7, 11) is 0. The molecule has 4 aliphatic carbocycles. The predicted molar refractivity (Wildman–Crippen MR) is 119 cm³/mol. The second-order valence-corrected chi connectivity index (χ2v) is 10.5. The minimum Gasteiger partial charge on any atom is -0.423 e. The van der Waals surface area contributed by atoms with E-state index in [0.29, 0.717) is 27.8 Å². The number of amides is 1. The number of carbonyl (C=O) groups excluding carboxylic acids is 1. The van der Waals surface area contributed by atoms with Crippen LogP contribution in [0.2, 0.25) is 0 Å². The third kappa shape index (κ3) is 2.98. The minimum atomic E-state index is -0.398. The Morgan fingerprint density at radius 2 is 2.00 bits per heavy atom. The molecule has 7 rings (SSSR count). The molecule has 4 saturated carbocycles. The first kappa shape index (κ1) is 19.2. The van der Waals surface area contributed by atoms with E-state index in [-0.39, 0.29) is 17.1 Å². The Bertz CT molecular complexity index is 1270. The summed E-state index contributed by atoms with van der Waals surface area (Å²) >= 11 is 3.37. The molecule has 8 heteroatoms. The normalized spacial score (nSPS) is 31.3. The van der Waals surface area contributed by atoms with E-state index in [9.17, 15) is 9.59 Å².